The first-order valence-corrected chi connectivity index (χ1v) is 7.85. The zero-order valence-electron chi connectivity index (χ0n) is 14.3. The number of allylic oxidation sites excluding steroid dienone is 1. The fraction of sp³-hybridized carbons (Fsp3) is 0.500. The third kappa shape index (κ3) is 4.52. The molecule has 0 saturated heterocycles. The second-order valence-corrected chi connectivity index (χ2v) is 7.10. The lowest BCUT2D eigenvalue weighted by atomic mass is 9.97. The maximum Gasteiger partial charge on any atom is 0.416 e. The molecular weight excluding hydrogens is 319 g/mol. The average Bonchev–Trinajstić information content (AvgIpc) is 2.44. The Morgan fingerprint density at radius 1 is 1.25 bits per heavy atom. The number of amides is 1. The Kier molecular flexibility index (Phi) is 4.97. The summed E-state index contributed by atoms with van der Waals surface area (Å²) in [6, 6.07) is 5.02. The van der Waals surface area contributed by atoms with E-state index in [9.17, 15) is 18.0 Å². The molecule has 3 nitrogen and oxygen atoms in total. The molecule has 0 unspecified atom stereocenters. The first-order chi connectivity index (χ1) is 11.0. The monoisotopic (exact) mass is 341 g/mol. The summed E-state index contributed by atoms with van der Waals surface area (Å²) in [4.78, 5) is 13.9. The molecule has 24 heavy (non-hydrogen) atoms. The summed E-state index contributed by atoms with van der Waals surface area (Å²) in [5.74, 6) is 0.215. The molecule has 1 aromatic rings. The van der Waals surface area contributed by atoms with Crippen LogP contribution >= 0.6 is 0 Å². The Morgan fingerprint density at radius 3 is 2.50 bits per heavy atom. The number of carbonyl (C=O) groups is 1. The fourth-order valence-electron chi connectivity index (χ4n) is 2.53. The van der Waals surface area contributed by atoms with Gasteiger partial charge in [-0.2, -0.15) is 13.2 Å². The zero-order valence-corrected chi connectivity index (χ0v) is 14.3. The van der Waals surface area contributed by atoms with Crippen LogP contribution in [-0.4, -0.2) is 23.1 Å². The summed E-state index contributed by atoms with van der Waals surface area (Å²) in [6.45, 7) is 7.66. The van der Waals surface area contributed by atoms with Gasteiger partial charge in [-0.15, -0.1) is 0 Å². The molecule has 6 heteroatoms. The molecule has 1 aromatic carbocycles. The van der Waals surface area contributed by atoms with Gasteiger partial charge < -0.3 is 4.74 Å². The average molecular weight is 341 g/mol. The van der Waals surface area contributed by atoms with E-state index in [0.717, 1.165) is 12.1 Å². The van der Waals surface area contributed by atoms with Crippen molar-refractivity contribution in [2.75, 3.05) is 6.54 Å². The Balaban J connectivity index is 2.37. The van der Waals surface area contributed by atoms with Gasteiger partial charge in [0.2, 0.25) is 0 Å². The van der Waals surface area contributed by atoms with Crippen LogP contribution in [0.5, 0.6) is 0 Å². The Bertz CT molecular complexity index is 644. The van der Waals surface area contributed by atoms with Crippen molar-refractivity contribution in [2.24, 2.45) is 5.92 Å². The van der Waals surface area contributed by atoms with E-state index >= 15 is 0 Å². The van der Waals surface area contributed by atoms with Crippen molar-refractivity contribution in [3.8, 4) is 0 Å². The van der Waals surface area contributed by atoms with Crippen molar-refractivity contribution in [2.45, 2.75) is 45.9 Å². The van der Waals surface area contributed by atoms with Crippen molar-refractivity contribution in [1.82, 2.24) is 4.90 Å². The van der Waals surface area contributed by atoms with Gasteiger partial charge in [0.05, 0.1) is 11.3 Å². The van der Waals surface area contributed by atoms with Crippen LogP contribution in [0.25, 0.3) is 5.70 Å². The molecule has 0 bridgehead atoms. The predicted molar refractivity (Wildman–Crippen MR) is 86.1 cm³/mol. The molecule has 1 atom stereocenters. The van der Waals surface area contributed by atoms with E-state index in [1.807, 2.05) is 6.92 Å². The van der Waals surface area contributed by atoms with Gasteiger partial charge in [0.25, 0.3) is 0 Å². The highest BCUT2D eigenvalue weighted by Crippen LogP contribution is 2.34. The van der Waals surface area contributed by atoms with Crippen molar-refractivity contribution < 1.29 is 22.7 Å². The largest absolute Gasteiger partial charge is 0.443 e. The van der Waals surface area contributed by atoms with Crippen LogP contribution in [0.15, 0.2) is 30.3 Å². The zero-order chi connectivity index (χ0) is 18.1. The van der Waals surface area contributed by atoms with Gasteiger partial charge >= 0.3 is 12.3 Å². The van der Waals surface area contributed by atoms with Crippen LogP contribution in [0.3, 0.4) is 0 Å². The number of alkyl halides is 3. The van der Waals surface area contributed by atoms with E-state index in [0.29, 0.717) is 24.2 Å². The van der Waals surface area contributed by atoms with Crippen molar-refractivity contribution >= 4 is 11.8 Å². The van der Waals surface area contributed by atoms with Gasteiger partial charge in [0.1, 0.15) is 5.60 Å². The molecule has 0 spiro atoms. The second kappa shape index (κ2) is 6.49. The molecular formula is C18H22F3NO2. The molecule has 0 N–H and O–H groups in total. The Morgan fingerprint density at radius 2 is 1.92 bits per heavy atom. The maximum atomic E-state index is 13.0. The summed E-state index contributed by atoms with van der Waals surface area (Å²) < 4.78 is 44.3. The van der Waals surface area contributed by atoms with E-state index in [2.05, 4.69) is 0 Å². The normalized spacial score (nSPS) is 19.0. The summed E-state index contributed by atoms with van der Waals surface area (Å²) in [5.41, 5.74) is -0.573. The smallest absolute Gasteiger partial charge is 0.416 e. The number of benzene rings is 1. The lowest BCUT2D eigenvalue weighted by Gasteiger charge is -2.34. The highest BCUT2D eigenvalue weighted by atomic mass is 19.4. The van der Waals surface area contributed by atoms with Gasteiger partial charge in [-0.3, -0.25) is 4.90 Å². The molecule has 0 saturated carbocycles. The minimum atomic E-state index is -4.42. The molecule has 0 aliphatic carbocycles. The van der Waals surface area contributed by atoms with Crippen molar-refractivity contribution in [3.05, 3.63) is 41.5 Å². The number of halogens is 3. The molecule has 1 aliphatic heterocycles. The highest BCUT2D eigenvalue weighted by Gasteiger charge is 2.33. The fourth-order valence-corrected chi connectivity index (χ4v) is 2.53. The van der Waals surface area contributed by atoms with Gasteiger partial charge in [-0.1, -0.05) is 25.1 Å². The molecule has 0 radical (unpaired) electrons. The molecule has 0 aromatic heterocycles. The van der Waals surface area contributed by atoms with E-state index in [4.69, 9.17) is 4.74 Å². The number of hydrogen-bond donors (Lipinski definition) is 0. The molecule has 2 rings (SSSR count). The lowest BCUT2D eigenvalue weighted by molar-refractivity contribution is -0.137. The highest BCUT2D eigenvalue weighted by molar-refractivity contribution is 5.83. The third-order valence-corrected chi connectivity index (χ3v) is 3.60. The summed E-state index contributed by atoms with van der Waals surface area (Å²) in [7, 11) is 0. The van der Waals surface area contributed by atoms with Crippen LogP contribution in [0.4, 0.5) is 18.0 Å². The molecule has 132 valence electrons. The van der Waals surface area contributed by atoms with Gasteiger partial charge in [0.15, 0.2) is 0 Å². The van der Waals surface area contributed by atoms with Crippen LogP contribution in [0, 0.1) is 5.92 Å². The predicted octanol–water partition coefficient (Wildman–Crippen LogP) is 5.32. The summed E-state index contributed by atoms with van der Waals surface area (Å²) in [6.07, 6.45) is -2.47. The summed E-state index contributed by atoms with van der Waals surface area (Å²) in [5, 5.41) is 0. The van der Waals surface area contributed by atoms with Crippen molar-refractivity contribution in [3.63, 3.8) is 0 Å². The van der Waals surface area contributed by atoms with Gasteiger partial charge in [0, 0.05) is 6.54 Å². The second-order valence-electron chi connectivity index (χ2n) is 7.10. The maximum absolute atomic E-state index is 13.0. The third-order valence-electron chi connectivity index (χ3n) is 3.60. The van der Waals surface area contributed by atoms with E-state index in [1.165, 1.54) is 11.0 Å². The first-order valence-electron chi connectivity index (χ1n) is 7.85. The number of nitrogens with zero attached hydrogens (tertiary/aromatic N) is 1. The number of hydrogen-bond acceptors (Lipinski definition) is 2. The Hall–Kier alpha value is -1.98. The SMILES string of the molecule is C[C@H]1CC=C(c2cccc(C(F)(F)F)c2)N(C(=O)OC(C)(C)C)C1. The quantitative estimate of drug-likeness (QED) is 0.691. The van der Waals surface area contributed by atoms with Gasteiger partial charge in [-0.25, -0.2) is 4.79 Å². The molecule has 1 amide bonds. The van der Waals surface area contributed by atoms with E-state index < -0.39 is 23.4 Å². The van der Waals surface area contributed by atoms with Crippen LogP contribution < -0.4 is 0 Å². The lowest BCUT2D eigenvalue weighted by Crippen LogP contribution is -2.39. The minimum absolute atomic E-state index is 0.215. The Labute approximate surface area is 140 Å². The first kappa shape index (κ1) is 18.4. The number of carbonyl (C=O) groups excluding carboxylic acids is 1. The van der Waals surface area contributed by atoms with Gasteiger partial charge in [-0.05, 0) is 50.8 Å². The number of ether oxygens (including phenoxy) is 1. The van der Waals surface area contributed by atoms with E-state index in [1.54, 1.807) is 32.9 Å². The molecule has 1 aliphatic rings. The summed E-state index contributed by atoms with van der Waals surface area (Å²) >= 11 is 0. The molecule has 0 fully saturated rings. The number of rotatable bonds is 1. The minimum Gasteiger partial charge on any atom is -0.443 e. The van der Waals surface area contributed by atoms with Crippen molar-refractivity contribution in [1.29, 1.82) is 0 Å². The molecule has 1 heterocycles. The van der Waals surface area contributed by atoms with E-state index in [-0.39, 0.29) is 5.92 Å². The van der Waals surface area contributed by atoms with Crippen LogP contribution in [-0.2, 0) is 10.9 Å². The van der Waals surface area contributed by atoms with Crippen LogP contribution in [0.1, 0.15) is 45.2 Å². The van der Waals surface area contributed by atoms with Crippen LogP contribution in [0.2, 0.25) is 0 Å². The standard InChI is InChI=1S/C18H22F3NO2/c1-12-8-9-15(22(11-12)16(23)24-17(2,3)4)13-6-5-7-14(10-13)18(19,20)21/h5-7,9-10,12H,8,11H2,1-4H3/t12-/m0/s1. The topological polar surface area (TPSA) is 29.5 Å².